The van der Waals surface area contributed by atoms with E-state index in [0.29, 0.717) is 17.3 Å². The lowest BCUT2D eigenvalue weighted by molar-refractivity contribution is 0.0929. The van der Waals surface area contributed by atoms with Crippen molar-refractivity contribution in [1.82, 2.24) is 9.55 Å². The number of aryl methyl sites for hydroxylation is 2. The predicted octanol–water partition coefficient (Wildman–Crippen LogP) is 3.75. The molecular formula is C18H19ClN2O2. The molecule has 0 aliphatic heterocycles. The van der Waals surface area contributed by atoms with Crippen LogP contribution in [0.2, 0.25) is 5.02 Å². The molecule has 2 aromatic carbocycles. The zero-order valence-electron chi connectivity index (χ0n) is 13.2. The van der Waals surface area contributed by atoms with E-state index in [1.54, 1.807) is 6.07 Å². The summed E-state index contributed by atoms with van der Waals surface area (Å²) in [6.45, 7) is 4.51. The zero-order valence-corrected chi connectivity index (χ0v) is 13.9. The van der Waals surface area contributed by atoms with Gasteiger partial charge in [-0.15, -0.1) is 0 Å². The highest BCUT2D eigenvalue weighted by atomic mass is 35.5. The molecule has 5 heteroatoms. The second-order valence-electron chi connectivity index (χ2n) is 5.66. The minimum Gasteiger partial charge on any atom is -0.489 e. The molecule has 0 unspecified atom stereocenters. The summed E-state index contributed by atoms with van der Waals surface area (Å²) >= 11 is 6.10. The number of nitrogens with zero attached hydrogens (tertiary/aromatic N) is 2. The minimum atomic E-state index is -0.650. The molecule has 1 N–H and O–H groups in total. The van der Waals surface area contributed by atoms with Crippen molar-refractivity contribution in [2.75, 3.05) is 6.61 Å². The van der Waals surface area contributed by atoms with E-state index < -0.39 is 6.10 Å². The summed E-state index contributed by atoms with van der Waals surface area (Å²) in [5.41, 5.74) is 3.01. The van der Waals surface area contributed by atoms with Crippen LogP contribution in [0.3, 0.4) is 0 Å². The van der Waals surface area contributed by atoms with Crippen LogP contribution in [0.1, 0.15) is 11.4 Å². The predicted molar refractivity (Wildman–Crippen MR) is 92.2 cm³/mol. The van der Waals surface area contributed by atoms with E-state index in [9.17, 15) is 5.11 Å². The highest BCUT2D eigenvalue weighted by Gasteiger charge is 2.13. The van der Waals surface area contributed by atoms with Crippen molar-refractivity contribution in [2.45, 2.75) is 26.5 Å². The molecule has 0 spiro atoms. The molecule has 0 fully saturated rings. The Morgan fingerprint density at radius 1 is 1.22 bits per heavy atom. The Balaban J connectivity index is 1.70. The minimum absolute atomic E-state index is 0.176. The van der Waals surface area contributed by atoms with Gasteiger partial charge >= 0.3 is 0 Å². The zero-order chi connectivity index (χ0) is 16.4. The number of hydrogen-bond acceptors (Lipinski definition) is 3. The maximum Gasteiger partial charge on any atom is 0.138 e. The molecule has 1 heterocycles. The molecule has 1 atom stereocenters. The quantitative estimate of drug-likeness (QED) is 0.775. The van der Waals surface area contributed by atoms with E-state index in [1.165, 1.54) is 0 Å². The number of fused-ring (bicyclic) bond motifs is 1. The Bertz CT molecular complexity index is 829. The SMILES string of the molecule is Cc1ccc(Cl)c(OC[C@@H](O)Cn2c(C)nc3ccccc32)c1. The van der Waals surface area contributed by atoms with Gasteiger partial charge in [-0.3, -0.25) is 0 Å². The van der Waals surface area contributed by atoms with Crippen LogP contribution >= 0.6 is 11.6 Å². The Labute approximate surface area is 140 Å². The first-order chi connectivity index (χ1) is 11.0. The summed E-state index contributed by atoms with van der Waals surface area (Å²) in [6.07, 6.45) is -0.650. The Morgan fingerprint density at radius 2 is 2.00 bits per heavy atom. The average molecular weight is 331 g/mol. The molecule has 3 rings (SSSR count). The van der Waals surface area contributed by atoms with Crippen LogP contribution in [0.5, 0.6) is 5.75 Å². The van der Waals surface area contributed by atoms with Crippen LogP contribution in [0.4, 0.5) is 0 Å². The number of aliphatic hydroxyl groups is 1. The average Bonchev–Trinajstić information content (AvgIpc) is 2.84. The molecular weight excluding hydrogens is 312 g/mol. The molecule has 0 amide bonds. The van der Waals surface area contributed by atoms with Crippen LogP contribution < -0.4 is 4.74 Å². The van der Waals surface area contributed by atoms with E-state index in [1.807, 2.05) is 54.8 Å². The summed E-state index contributed by atoms with van der Waals surface area (Å²) in [5.74, 6) is 1.47. The van der Waals surface area contributed by atoms with Crippen molar-refractivity contribution < 1.29 is 9.84 Å². The van der Waals surface area contributed by atoms with Gasteiger partial charge in [-0.1, -0.05) is 29.8 Å². The molecule has 0 saturated carbocycles. The largest absolute Gasteiger partial charge is 0.489 e. The molecule has 1 aromatic heterocycles. The number of benzene rings is 2. The van der Waals surface area contributed by atoms with Crippen molar-refractivity contribution in [3.8, 4) is 5.75 Å². The van der Waals surface area contributed by atoms with Gasteiger partial charge < -0.3 is 14.4 Å². The fraction of sp³-hybridized carbons (Fsp3) is 0.278. The van der Waals surface area contributed by atoms with Gasteiger partial charge in [0.05, 0.1) is 22.6 Å². The third kappa shape index (κ3) is 3.49. The molecule has 0 saturated heterocycles. The van der Waals surface area contributed by atoms with Crippen LogP contribution in [0, 0.1) is 13.8 Å². The fourth-order valence-corrected chi connectivity index (χ4v) is 2.77. The Kier molecular flexibility index (Phi) is 4.55. The highest BCUT2D eigenvalue weighted by molar-refractivity contribution is 6.32. The number of halogens is 1. The van der Waals surface area contributed by atoms with Crippen LogP contribution in [-0.4, -0.2) is 27.4 Å². The molecule has 23 heavy (non-hydrogen) atoms. The van der Waals surface area contributed by atoms with Gasteiger partial charge in [0.25, 0.3) is 0 Å². The molecule has 0 aliphatic carbocycles. The number of para-hydroxylation sites is 2. The smallest absolute Gasteiger partial charge is 0.138 e. The Morgan fingerprint density at radius 3 is 2.83 bits per heavy atom. The van der Waals surface area contributed by atoms with Crippen LogP contribution in [-0.2, 0) is 6.54 Å². The monoisotopic (exact) mass is 330 g/mol. The fourth-order valence-electron chi connectivity index (χ4n) is 2.60. The Hall–Kier alpha value is -2.04. The topological polar surface area (TPSA) is 47.3 Å². The lowest BCUT2D eigenvalue weighted by Crippen LogP contribution is -2.24. The van der Waals surface area contributed by atoms with E-state index in [0.717, 1.165) is 22.4 Å². The van der Waals surface area contributed by atoms with Gasteiger partial charge in [-0.2, -0.15) is 0 Å². The molecule has 120 valence electrons. The number of rotatable bonds is 5. The van der Waals surface area contributed by atoms with E-state index in [-0.39, 0.29) is 6.61 Å². The lowest BCUT2D eigenvalue weighted by atomic mass is 10.2. The summed E-state index contributed by atoms with van der Waals surface area (Å²) in [6, 6.07) is 13.5. The maximum atomic E-state index is 10.3. The third-order valence-electron chi connectivity index (χ3n) is 3.76. The van der Waals surface area contributed by atoms with Gasteiger partial charge in [-0.05, 0) is 43.7 Å². The third-order valence-corrected chi connectivity index (χ3v) is 4.07. The van der Waals surface area contributed by atoms with Crippen molar-refractivity contribution in [1.29, 1.82) is 0 Å². The van der Waals surface area contributed by atoms with E-state index >= 15 is 0 Å². The van der Waals surface area contributed by atoms with Gasteiger partial charge in [-0.25, -0.2) is 4.98 Å². The number of hydrogen-bond donors (Lipinski definition) is 1. The summed E-state index contributed by atoms with van der Waals surface area (Å²) < 4.78 is 7.67. The van der Waals surface area contributed by atoms with Crippen molar-refractivity contribution >= 4 is 22.6 Å². The lowest BCUT2D eigenvalue weighted by Gasteiger charge is -2.15. The molecule has 0 bridgehead atoms. The summed E-state index contributed by atoms with van der Waals surface area (Å²) in [7, 11) is 0. The van der Waals surface area contributed by atoms with Gasteiger partial charge in [0.1, 0.15) is 24.3 Å². The van der Waals surface area contributed by atoms with Crippen molar-refractivity contribution in [3.63, 3.8) is 0 Å². The number of imidazole rings is 1. The van der Waals surface area contributed by atoms with Gasteiger partial charge in [0.15, 0.2) is 0 Å². The van der Waals surface area contributed by atoms with Crippen LogP contribution in [0.15, 0.2) is 42.5 Å². The molecule has 3 aromatic rings. The first kappa shape index (κ1) is 15.8. The molecule has 4 nitrogen and oxygen atoms in total. The van der Waals surface area contributed by atoms with Gasteiger partial charge in [0, 0.05) is 0 Å². The normalized spacial score (nSPS) is 12.5. The second kappa shape index (κ2) is 6.60. The van der Waals surface area contributed by atoms with Crippen LogP contribution in [0.25, 0.3) is 11.0 Å². The molecule has 0 radical (unpaired) electrons. The number of ether oxygens (including phenoxy) is 1. The van der Waals surface area contributed by atoms with E-state index in [4.69, 9.17) is 16.3 Å². The molecule has 0 aliphatic rings. The van der Waals surface area contributed by atoms with Gasteiger partial charge in [0.2, 0.25) is 0 Å². The van der Waals surface area contributed by atoms with Crippen molar-refractivity contribution in [2.24, 2.45) is 0 Å². The second-order valence-corrected chi connectivity index (χ2v) is 6.06. The number of aliphatic hydroxyl groups excluding tert-OH is 1. The highest BCUT2D eigenvalue weighted by Crippen LogP contribution is 2.25. The van der Waals surface area contributed by atoms with Crippen molar-refractivity contribution in [3.05, 3.63) is 58.9 Å². The first-order valence-electron chi connectivity index (χ1n) is 7.53. The summed E-state index contributed by atoms with van der Waals surface area (Å²) in [4.78, 5) is 4.50. The van der Waals surface area contributed by atoms with E-state index in [2.05, 4.69) is 4.98 Å². The standard InChI is InChI=1S/C18H19ClN2O2/c1-12-7-8-15(19)18(9-12)23-11-14(22)10-21-13(2)20-16-5-3-4-6-17(16)21/h3-9,14,22H,10-11H2,1-2H3/t14-/m0/s1. The number of aromatic nitrogens is 2. The summed E-state index contributed by atoms with van der Waals surface area (Å²) in [5, 5.41) is 10.9. The first-order valence-corrected chi connectivity index (χ1v) is 7.91. The maximum absolute atomic E-state index is 10.3.